The fraction of sp³-hybridized carbons (Fsp3) is 0.259. The molecule has 3 N–H and O–H groups in total. The van der Waals surface area contributed by atoms with E-state index in [1.807, 2.05) is 18.0 Å². The Balaban J connectivity index is 1.36. The fourth-order valence-electron chi connectivity index (χ4n) is 4.80. The van der Waals surface area contributed by atoms with Crippen molar-refractivity contribution in [1.82, 2.24) is 25.4 Å². The van der Waals surface area contributed by atoms with Crippen molar-refractivity contribution in [1.29, 1.82) is 0 Å². The number of thiophene rings is 1. The normalized spacial score (nSPS) is 14.1. The van der Waals surface area contributed by atoms with Crippen molar-refractivity contribution in [2.75, 3.05) is 43.2 Å². The van der Waals surface area contributed by atoms with Gasteiger partial charge in [-0.1, -0.05) is 6.07 Å². The third kappa shape index (κ3) is 5.40. The summed E-state index contributed by atoms with van der Waals surface area (Å²) in [7, 11) is 1.84. The van der Waals surface area contributed by atoms with Gasteiger partial charge in [0.1, 0.15) is 0 Å². The van der Waals surface area contributed by atoms with E-state index in [0.717, 1.165) is 44.9 Å². The molecule has 3 aromatic heterocycles. The molecule has 1 amide bonds. The zero-order valence-corrected chi connectivity index (χ0v) is 22.5. The fourth-order valence-corrected chi connectivity index (χ4v) is 6.03. The molecule has 0 saturated carbocycles. The number of nitrogens with zero attached hydrogens (tertiary/aromatic N) is 5. The Morgan fingerprint density at radius 1 is 1.15 bits per heavy atom. The molecule has 2 aromatic carbocycles. The van der Waals surface area contributed by atoms with E-state index in [0.29, 0.717) is 31.2 Å². The lowest BCUT2D eigenvalue weighted by molar-refractivity contribution is -0.144. The number of halogens is 3. The highest BCUT2D eigenvalue weighted by molar-refractivity contribution is 7.19. The lowest BCUT2D eigenvalue weighted by Gasteiger charge is -2.29. The minimum Gasteiger partial charge on any atom is -0.378 e. The summed E-state index contributed by atoms with van der Waals surface area (Å²) in [5, 5.41) is 9.80. The number of hydrogen-bond donors (Lipinski definition) is 3. The molecule has 0 unspecified atom stereocenters. The molecule has 0 spiro atoms. The molecule has 0 aliphatic carbocycles. The summed E-state index contributed by atoms with van der Waals surface area (Å²) in [4.78, 5) is 31.3. The largest absolute Gasteiger partial charge is 0.449 e. The van der Waals surface area contributed by atoms with Crippen LogP contribution in [0.15, 0.2) is 48.8 Å². The highest BCUT2D eigenvalue weighted by atomic mass is 32.1. The third-order valence-corrected chi connectivity index (χ3v) is 7.98. The van der Waals surface area contributed by atoms with Gasteiger partial charge in [-0.15, -0.1) is 11.3 Å². The van der Waals surface area contributed by atoms with Crippen LogP contribution in [0.3, 0.4) is 0 Å². The van der Waals surface area contributed by atoms with E-state index >= 15 is 0 Å². The van der Waals surface area contributed by atoms with E-state index in [9.17, 15) is 18.0 Å². The number of rotatable bonds is 6. The number of benzene rings is 2. The van der Waals surface area contributed by atoms with Gasteiger partial charge in [-0.25, -0.2) is 20.4 Å². The van der Waals surface area contributed by atoms with Crippen molar-refractivity contribution in [3.63, 3.8) is 0 Å². The second kappa shape index (κ2) is 10.6. The number of nitrogens with one attached hydrogen (secondary N) is 2. The van der Waals surface area contributed by atoms with Crippen LogP contribution in [0.25, 0.3) is 32.2 Å². The molecule has 0 bridgehead atoms. The second-order valence-electron chi connectivity index (χ2n) is 9.61. The SMILES string of the molecule is CN(Cc1cc2cc(-c3ccc4nc(C(F)(F)F)[nH]c4c3)cc(N3CCOCC3)c2s1)c1ncc(C(=O)NO)cn1. The number of fused-ring (bicyclic) bond motifs is 2. The Morgan fingerprint density at radius 3 is 2.61 bits per heavy atom. The predicted molar refractivity (Wildman–Crippen MR) is 148 cm³/mol. The first-order chi connectivity index (χ1) is 19.7. The van der Waals surface area contributed by atoms with E-state index in [4.69, 9.17) is 9.94 Å². The van der Waals surface area contributed by atoms with Crippen molar-refractivity contribution in [2.24, 2.45) is 0 Å². The predicted octanol–water partition coefficient (Wildman–Crippen LogP) is 4.85. The average Bonchev–Trinajstić information content (AvgIpc) is 3.60. The van der Waals surface area contributed by atoms with E-state index < -0.39 is 17.9 Å². The molecule has 1 saturated heterocycles. The zero-order valence-electron chi connectivity index (χ0n) is 21.7. The summed E-state index contributed by atoms with van der Waals surface area (Å²) >= 11 is 1.65. The number of morpholine rings is 1. The van der Waals surface area contributed by atoms with Gasteiger partial charge < -0.3 is 19.5 Å². The maximum Gasteiger partial charge on any atom is 0.449 e. The molecule has 14 heteroatoms. The summed E-state index contributed by atoms with van der Waals surface area (Å²) in [6.45, 7) is 3.16. The van der Waals surface area contributed by atoms with Gasteiger partial charge in [-0.2, -0.15) is 13.2 Å². The second-order valence-corrected chi connectivity index (χ2v) is 10.7. The molecule has 1 aliphatic heterocycles. The number of hydroxylamine groups is 1. The van der Waals surface area contributed by atoms with E-state index in [1.54, 1.807) is 35.0 Å². The Morgan fingerprint density at radius 2 is 1.90 bits per heavy atom. The quantitative estimate of drug-likeness (QED) is 0.192. The number of amides is 1. The smallest absolute Gasteiger partial charge is 0.378 e. The molecule has 6 rings (SSSR count). The summed E-state index contributed by atoms with van der Waals surface area (Å²) in [6.07, 6.45) is -1.87. The highest BCUT2D eigenvalue weighted by Crippen LogP contribution is 2.40. The van der Waals surface area contributed by atoms with E-state index in [-0.39, 0.29) is 11.1 Å². The van der Waals surface area contributed by atoms with Crippen LogP contribution in [0, 0.1) is 0 Å². The molecule has 0 atom stereocenters. The molecule has 0 radical (unpaired) electrons. The molecule has 212 valence electrons. The number of imidazole rings is 1. The van der Waals surface area contributed by atoms with E-state index in [1.165, 1.54) is 12.4 Å². The van der Waals surface area contributed by atoms with Gasteiger partial charge in [0.2, 0.25) is 11.8 Å². The number of H-pyrrole nitrogens is 1. The van der Waals surface area contributed by atoms with Crippen LogP contribution in [-0.2, 0) is 17.5 Å². The number of alkyl halides is 3. The number of carbonyl (C=O) groups is 1. The Labute approximate surface area is 235 Å². The van der Waals surface area contributed by atoms with Crippen LogP contribution in [0.5, 0.6) is 0 Å². The van der Waals surface area contributed by atoms with Crippen molar-refractivity contribution in [3.8, 4) is 11.1 Å². The van der Waals surface area contributed by atoms with Crippen LogP contribution in [-0.4, -0.2) is 64.4 Å². The number of aromatic nitrogens is 4. The standard InChI is InChI=1S/C27H24F3N7O3S/c1-36(26-31-12-18(13-32-26)24(38)35-39)14-19-9-17-8-16(11-22(23(17)41-19)37-4-6-40-7-5-37)15-2-3-20-21(10-15)34-25(33-20)27(28,29)30/h2-3,8-13,39H,4-7,14H2,1H3,(H,33,34)(H,35,38). The number of anilines is 2. The lowest BCUT2D eigenvalue weighted by atomic mass is 10.0. The van der Waals surface area contributed by atoms with Crippen LogP contribution >= 0.6 is 11.3 Å². The number of ether oxygens (including phenoxy) is 1. The average molecular weight is 584 g/mol. The van der Waals surface area contributed by atoms with Crippen LogP contribution < -0.4 is 15.3 Å². The summed E-state index contributed by atoms with van der Waals surface area (Å²) < 4.78 is 46.3. The summed E-state index contributed by atoms with van der Waals surface area (Å²) in [5.41, 5.74) is 4.95. The summed E-state index contributed by atoms with van der Waals surface area (Å²) in [6, 6.07) is 11.3. The highest BCUT2D eigenvalue weighted by Gasteiger charge is 2.34. The van der Waals surface area contributed by atoms with E-state index in [2.05, 4.69) is 37.0 Å². The van der Waals surface area contributed by atoms with Crippen molar-refractivity contribution >= 4 is 50.0 Å². The van der Waals surface area contributed by atoms with Crippen molar-refractivity contribution < 1.29 is 27.9 Å². The first kappa shape index (κ1) is 26.9. The number of hydrogen-bond acceptors (Lipinski definition) is 9. The Bertz CT molecular complexity index is 1730. The third-order valence-electron chi connectivity index (χ3n) is 6.82. The lowest BCUT2D eigenvalue weighted by Crippen LogP contribution is -2.36. The van der Waals surface area contributed by atoms with Gasteiger partial charge in [-0.3, -0.25) is 10.0 Å². The van der Waals surface area contributed by atoms with Crippen molar-refractivity contribution in [2.45, 2.75) is 12.7 Å². The topological polar surface area (TPSA) is 120 Å². The van der Waals surface area contributed by atoms with Gasteiger partial charge in [0.05, 0.1) is 46.7 Å². The molecule has 4 heterocycles. The molecule has 5 aromatic rings. The minimum absolute atomic E-state index is 0.136. The number of carbonyl (C=O) groups excluding carboxylic acids is 1. The molecule has 41 heavy (non-hydrogen) atoms. The summed E-state index contributed by atoms with van der Waals surface area (Å²) in [5.74, 6) is -1.30. The minimum atomic E-state index is -4.55. The van der Waals surface area contributed by atoms with Crippen LogP contribution in [0.1, 0.15) is 21.1 Å². The van der Waals surface area contributed by atoms with Gasteiger partial charge in [0.15, 0.2) is 0 Å². The monoisotopic (exact) mass is 583 g/mol. The molecular weight excluding hydrogens is 559 g/mol. The van der Waals surface area contributed by atoms with Crippen LogP contribution in [0.4, 0.5) is 24.8 Å². The Kier molecular flexibility index (Phi) is 6.97. The molecule has 10 nitrogen and oxygen atoms in total. The molecule has 1 aliphatic rings. The molecular formula is C27H24F3N7O3S. The maximum atomic E-state index is 13.2. The Hall–Kier alpha value is -4.27. The first-order valence-corrected chi connectivity index (χ1v) is 13.5. The van der Waals surface area contributed by atoms with Gasteiger partial charge in [0.25, 0.3) is 5.91 Å². The van der Waals surface area contributed by atoms with Gasteiger partial charge >= 0.3 is 6.18 Å². The van der Waals surface area contributed by atoms with Gasteiger partial charge in [-0.05, 0) is 46.8 Å². The molecule has 1 fully saturated rings. The van der Waals surface area contributed by atoms with Crippen LogP contribution in [0.2, 0.25) is 0 Å². The van der Waals surface area contributed by atoms with Crippen molar-refractivity contribution in [3.05, 3.63) is 65.1 Å². The number of aromatic amines is 1. The van der Waals surface area contributed by atoms with Gasteiger partial charge in [0, 0.05) is 37.4 Å². The zero-order chi connectivity index (χ0) is 28.7. The maximum absolute atomic E-state index is 13.2. The first-order valence-electron chi connectivity index (χ1n) is 12.6.